The Morgan fingerprint density at radius 1 is 1.33 bits per heavy atom. The van der Waals surface area contributed by atoms with Gasteiger partial charge in [-0.1, -0.05) is 12.1 Å². The molecule has 0 aromatic heterocycles. The van der Waals surface area contributed by atoms with E-state index < -0.39 is 23.8 Å². The van der Waals surface area contributed by atoms with Crippen LogP contribution in [0.5, 0.6) is 0 Å². The smallest absolute Gasteiger partial charge is 0.418 e. The van der Waals surface area contributed by atoms with Gasteiger partial charge in [-0.25, -0.2) is 4.79 Å². The lowest BCUT2D eigenvalue weighted by atomic mass is 10.1. The standard InChI is InChI=1S/C9H7F3O3/c10-9(11,12)7(13)5-2-1-3-6(4-5)8(14)15/h1-4,7,13H,(H,14,15)/t7-/m1/s1. The average Bonchev–Trinajstić information content (AvgIpc) is 2.15. The van der Waals surface area contributed by atoms with Gasteiger partial charge in [0.25, 0.3) is 0 Å². The Kier molecular flexibility index (Phi) is 2.99. The molecule has 0 aliphatic carbocycles. The van der Waals surface area contributed by atoms with Crippen molar-refractivity contribution < 1.29 is 28.2 Å². The maximum atomic E-state index is 12.1. The van der Waals surface area contributed by atoms with Gasteiger partial charge in [-0.3, -0.25) is 0 Å². The fourth-order valence-electron chi connectivity index (χ4n) is 1.03. The molecule has 0 aliphatic heterocycles. The number of aliphatic hydroxyl groups is 1. The summed E-state index contributed by atoms with van der Waals surface area (Å²) in [5.74, 6) is -1.34. The van der Waals surface area contributed by atoms with Crippen LogP contribution in [-0.4, -0.2) is 22.4 Å². The normalized spacial score (nSPS) is 13.6. The summed E-state index contributed by atoms with van der Waals surface area (Å²) >= 11 is 0. The highest BCUT2D eigenvalue weighted by Crippen LogP contribution is 2.32. The number of carbonyl (C=O) groups is 1. The molecule has 0 saturated carbocycles. The van der Waals surface area contributed by atoms with Gasteiger partial charge in [0.15, 0.2) is 6.10 Å². The molecule has 2 N–H and O–H groups in total. The van der Waals surface area contributed by atoms with Crippen molar-refractivity contribution in [3.63, 3.8) is 0 Å². The number of aromatic carboxylic acids is 1. The van der Waals surface area contributed by atoms with Crippen LogP contribution in [0.25, 0.3) is 0 Å². The Morgan fingerprint density at radius 3 is 2.40 bits per heavy atom. The lowest BCUT2D eigenvalue weighted by molar-refractivity contribution is -0.206. The molecule has 0 fully saturated rings. The highest BCUT2D eigenvalue weighted by Gasteiger charge is 2.39. The van der Waals surface area contributed by atoms with Crippen LogP contribution in [0.4, 0.5) is 13.2 Å². The van der Waals surface area contributed by atoms with Crippen LogP contribution in [0.3, 0.4) is 0 Å². The van der Waals surface area contributed by atoms with Crippen LogP contribution in [0, 0.1) is 0 Å². The maximum Gasteiger partial charge on any atom is 0.418 e. The summed E-state index contributed by atoms with van der Waals surface area (Å²) in [5, 5.41) is 17.4. The van der Waals surface area contributed by atoms with Crippen molar-refractivity contribution in [3.05, 3.63) is 35.4 Å². The van der Waals surface area contributed by atoms with E-state index in [9.17, 15) is 18.0 Å². The molecular weight excluding hydrogens is 213 g/mol. The summed E-state index contributed by atoms with van der Waals surface area (Å²) in [6.45, 7) is 0. The third-order valence-electron chi connectivity index (χ3n) is 1.76. The molecule has 0 bridgehead atoms. The molecule has 6 heteroatoms. The summed E-state index contributed by atoms with van der Waals surface area (Å²) in [6.07, 6.45) is -7.45. The molecular formula is C9H7F3O3. The van der Waals surface area contributed by atoms with E-state index in [4.69, 9.17) is 10.2 Å². The lowest BCUT2D eigenvalue weighted by Gasteiger charge is -2.14. The third kappa shape index (κ3) is 2.69. The Labute approximate surface area is 82.8 Å². The summed E-state index contributed by atoms with van der Waals surface area (Å²) in [7, 11) is 0. The number of carboxylic acid groups (broad SMARTS) is 1. The second kappa shape index (κ2) is 3.90. The van der Waals surface area contributed by atoms with E-state index in [0.29, 0.717) is 0 Å². The predicted molar refractivity (Wildman–Crippen MR) is 44.4 cm³/mol. The number of rotatable bonds is 2. The van der Waals surface area contributed by atoms with Crippen LogP contribution in [-0.2, 0) is 0 Å². The molecule has 0 heterocycles. The fourth-order valence-corrected chi connectivity index (χ4v) is 1.03. The minimum absolute atomic E-state index is 0.296. The molecule has 0 aliphatic rings. The van der Waals surface area contributed by atoms with Gasteiger partial charge in [0, 0.05) is 0 Å². The van der Waals surface area contributed by atoms with Crippen LogP contribution in [0.1, 0.15) is 22.0 Å². The van der Waals surface area contributed by atoms with Gasteiger partial charge in [-0.15, -0.1) is 0 Å². The Morgan fingerprint density at radius 2 is 1.93 bits per heavy atom. The quantitative estimate of drug-likeness (QED) is 0.801. The van der Waals surface area contributed by atoms with E-state index in [1.165, 1.54) is 0 Å². The molecule has 0 spiro atoms. The first-order valence-corrected chi connectivity index (χ1v) is 3.90. The zero-order valence-electron chi connectivity index (χ0n) is 7.32. The van der Waals surface area contributed by atoms with Crippen molar-refractivity contribution >= 4 is 5.97 Å². The highest BCUT2D eigenvalue weighted by molar-refractivity contribution is 5.87. The van der Waals surface area contributed by atoms with Crippen LogP contribution >= 0.6 is 0 Å². The number of benzene rings is 1. The molecule has 0 amide bonds. The maximum absolute atomic E-state index is 12.1. The van der Waals surface area contributed by atoms with Gasteiger partial charge in [0.05, 0.1) is 5.56 Å². The van der Waals surface area contributed by atoms with Crippen molar-refractivity contribution in [2.24, 2.45) is 0 Å². The minimum Gasteiger partial charge on any atom is -0.478 e. The van der Waals surface area contributed by atoms with E-state index in [2.05, 4.69) is 0 Å². The number of halogens is 3. The van der Waals surface area contributed by atoms with Crippen molar-refractivity contribution in [1.29, 1.82) is 0 Å². The largest absolute Gasteiger partial charge is 0.478 e. The molecule has 3 nitrogen and oxygen atoms in total. The van der Waals surface area contributed by atoms with Gasteiger partial charge in [-0.2, -0.15) is 13.2 Å². The zero-order valence-corrected chi connectivity index (χ0v) is 7.32. The molecule has 0 radical (unpaired) electrons. The van der Waals surface area contributed by atoms with Gasteiger partial charge < -0.3 is 10.2 Å². The number of hydrogen-bond acceptors (Lipinski definition) is 2. The Balaban J connectivity index is 3.06. The van der Waals surface area contributed by atoms with E-state index in [-0.39, 0.29) is 5.56 Å². The van der Waals surface area contributed by atoms with Crippen molar-refractivity contribution in [3.8, 4) is 0 Å². The molecule has 0 saturated heterocycles. The monoisotopic (exact) mass is 220 g/mol. The molecule has 1 aromatic carbocycles. The van der Waals surface area contributed by atoms with Gasteiger partial charge >= 0.3 is 12.1 Å². The first-order valence-electron chi connectivity index (χ1n) is 3.90. The first kappa shape index (κ1) is 11.5. The minimum atomic E-state index is -4.79. The van der Waals surface area contributed by atoms with E-state index in [0.717, 1.165) is 24.3 Å². The molecule has 82 valence electrons. The third-order valence-corrected chi connectivity index (χ3v) is 1.76. The number of carboxylic acids is 1. The fraction of sp³-hybridized carbons (Fsp3) is 0.222. The molecule has 15 heavy (non-hydrogen) atoms. The first-order chi connectivity index (χ1) is 6.82. The summed E-state index contributed by atoms with van der Waals surface area (Å²) in [4.78, 5) is 10.5. The van der Waals surface area contributed by atoms with Crippen molar-refractivity contribution in [2.75, 3.05) is 0 Å². The summed E-state index contributed by atoms with van der Waals surface area (Å²) in [5.41, 5.74) is -0.779. The number of hydrogen-bond donors (Lipinski definition) is 2. The SMILES string of the molecule is O=C(O)c1cccc([C@@H](O)C(F)(F)F)c1. The second-order valence-electron chi connectivity index (χ2n) is 2.87. The molecule has 0 unspecified atom stereocenters. The molecule has 1 rings (SSSR count). The molecule has 1 aromatic rings. The van der Waals surface area contributed by atoms with E-state index >= 15 is 0 Å². The van der Waals surface area contributed by atoms with Crippen molar-refractivity contribution in [1.82, 2.24) is 0 Å². The van der Waals surface area contributed by atoms with E-state index in [1.807, 2.05) is 0 Å². The van der Waals surface area contributed by atoms with Crippen LogP contribution in [0.15, 0.2) is 24.3 Å². The summed E-state index contributed by atoms with van der Waals surface area (Å²) < 4.78 is 36.2. The van der Waals surface area contributed by atoms with Gasteiger partial charge in [-0.05, 0) is 17.7 Å². The van der Waals surface area contributed by atoms with E-state index in [1.54, 1.807) is 0 Å². The van der Waals surface area contributed by atoms with Crippen LogP contribution in [0.2, 0.25) is 0 Å². The zero-order chi connectivity index (χ0) is 11.6. The Bertz CT molecular complexity index is 373. The Hall–Kier alpha value is -1.56. The van der Waals surface area contributed by atoms with Crippen molar-refractivity contribution in [2.45, 2.75) is 12.3 Å². The van der Waals surface area contributed by atoms with Crippen LogP contribution < -0.4 is 0 Å². The second-order valence-corrected chi connectivity index (χ2v) is 2.87. The average molecular weight is 220 g/mol. The topological polar surface area (TPSA) is 57.5 Å². The summed E-state index contributed by atoms with van der Waals surface area (Å²) in [6, 6.07) is 4.10. The molecule has 1 atom stereocenters. The number of alkyl halides is 3. The lowest BCUT2D eigenvalue weighted by Crippen LogP contribution is -2.20. The predicted octanol–water partition coefficient (Wildman–Crippen LogP) is 1.98. The van der Waals surface area contributed by atoms with Gasteiger partial charge in [0.2, 0.25) is 0 Å². The highest BCUT2D eigenvalue weighted by atomic mass is 19.4. The number of aliphatic hydroxyl groups excluding tert-OH is 1. The van der Waals surface area contributed by atoms with Gasteiger partial charge in [0.1, 0.15) is 0 Å².